The van der Waals surface area contributed by atoms with Crippen LogP contribution in [0, 0.1) is 0 Å². The molecule has 0 saturated heterocycles. The van der Waals surface area contributed by atoms with Crippen LogP contribution >= 0.6 is 0 Å². The minimum atomic E-state index is -0.495. The first kappa shape index (κ1) is 15.5. The molecular weight excluding hydrogens is 246 g/mol. The number of nitrogens with zero attached hydrogens (tertiary/aromatic N) is 1. The lowest BCUT2D eigenvalue weighted by molar-refractivity contribution is -0.908. The normalized spacial score (nSPS) is 20.0. The fourth-order valence-electron chi connectivity index (χ4n) is 3.53. The van der Waals surface area contributed by atoms with Gasteiger partial charge in [0.2, 0.25) is 0 Å². The van der Waals surface area contributed by atoms with Crippen molar-refractivity contribution in [1.82, 2.24) is 0 Å². The van der Waals surface area contributed by atoms with Crippen LogP contribution in [0.5, 0.6) is 0 Å². The number of hydrogen-bond acceptors (Lipinski definition) is 1. The second kappa shape index (κ2) is 6.28. The Morgan fingerprint density at radius 3 is 2.15 bits per heavy atom. The topological polar surface area (TPSA) is 20.2 Å². The predicted octanol–water partition coefficient (Wildman–Crippen LogP) is 3.56. The average Bonchev–Trinajstić information content (AvgIpc) is 2.93. The minimum absolute atomic E-state index is 0.260. The van der Waals surface area contributed by atoms with Crippen LogP contribution in [0.2, 0.25) is 0 Å². The lowest BCUT2D eigenvalue weighted by Gasteiger charge is -2.41. The van der Waals surface area contributed by atoms with Crippen LogP contribution in [0.15, 0.2) is 30.3 Å². The van der Waals surface area contributed by atoms with Crippen LogP contribution < -0.4 is 0 Å². The predicted molar refractivity (Wildman–Crippen MR) is 84.7 cm³/mol. The van der Waals surface area contributed by atoms with E-state index < -0.39 is 5.60 Å². The molecule has 0 aliphatic heterocycles. The maximum absolute atomic E-state index is 11.1. The first-order valence-electron chi connectivity index (χ1n) is 8.14. The summed E-state index contributed by atoms with van der Waals surface area (Å²) in [7, 11) is 2.31. The van der Waals surface area contributed by atoms with Crippen LogP contribution in [0.1, 0.15) is 51.0 Å². The smallest absolute Gasteiger partial charge is 0.0882 e. The molecular formula is C18H30NO+. The molecule has 1 aromatic carbocycles. The van der Waals surface area contributed by atoms with Crippen LogP contribution in [0.25, 0.3) is 0 Å². The molecule has 1 atom stereocenters. The first-order valence-corrected chi connectivity index (χ1v) is 8.14. The Bertz CT molecular complexity index is 405. The molecule has 1 aromatic rings. The van der Waals surface area contributed by atoms with Crippen molar-refractivity contribution in [3.05, 3.63) is 35.9 Å². The molecule has 0 radical (unpaired) electrons. The molecule has 2 heteroatoms. The molecule has 0 aromatic heterocycles. The molecule has 0 spiro atoms. The van der Waals surface area contributed by atoms with Crippen molar-refractivity contribution in [3.63, 3.8) is 0 Å². The molecule has 2 rings (SSSR count). The van der Waals surface area contributed by atoms with E-state index in [-0.39, 0.29) is 5.92 Å². The summed E-state index contributed by atoms with van der Waals surface area (Å²) in [6.07, 6.45) is 4.25. The molecule has 1 aliphatic rings. The van der Waals surface area contributed by atoms with Gasteiger partial charge in [-0.05, 0) is 32.3 Å². The van der Waals surface area contributed by atoms with Gasteiger partial charge in [-0.3, -0.25) is 0 Å². The van der Waals surface area contributed by atoms with E-state index in [0.29, 0.717) is 0 Å². The standard InChI is InChI=1S/C18H30NO/c1-4-19(3,5-2)15-17(16-11-7-6-8-12-16)18(20)13-9-10-14-18/h6-8,11-12,17,20H,4-5,9-10,13-15H2,1-3H3/q+1. The Balaban J connectivity index is 2.30. The summed E-state index contributed by atoms with van der Waals surface area (Å²) < 4.78 is 1.03. The van der Waals surface area contributed by atoms with Crippen molar-refractivity contribution in [2.75, 3.05) is 26.7 Å². The third-order valence-electron chi connectivity index (χ3n) is 5.47. The number of aliphatic hydroxyl groups is 1. The molecule has 1 unspecified atom stereocenters. The minimum Gasteiger partial charge on any atom is -0.389 e. The van der Waals surface area contributed by atoms with E-state index in [1.54, 1.807) is 0 Å². The van der Waals surface area contributed by atoms with Crippen molar-refractivity contribution in [2.45, 2.75) is 51.0 Å². The van der Waals surface area contributed by atoms with Gasteiger partial charge in [-0.25, -0.2) is 0 Å². The zero-order valence-corrected chi connectivity index (χ0v) is 13.3. The van der Waals surface area contributed by atoms with Crippen molar-refractivity contribution in [3.8, 4) is 0 Å². The summed E-state index contributed by atoms with van der Waals surface area (Å²) in [5.41, 5.74) is 0.814. The van der Waals surface area contributed by atoms with Crippen molar-refractivity contribution in [2.24, 2.45) is 0 Å². The highest BCUT2D eigenvalue weighted by molar-refractivity contribution is 5.23. The monoisotopic (exact) mass is 276 g/mol. The van der Waals surface area contributed by atoms with Crippen molar-refractivity contribution >= 4 is 0 Å². The third-order valence-corrected chi connectivity index (χ3v) is 5.47. The first-order chi connectivity index (χ1) is 9.53. The van der Waals surface area contributed by atoms with Gasteiger partial charge in [-0.1, -0.05) is 43.2 Å². The van der Waals surface area contributed by atoms with Gasteiger partial charge < -0.3 is 9.59 Å². The number of likely N-dealkylation sites (N-methyl/N-ethyl adjacent to an activating group) is 1. The summed E-state index contributed by atoms with van der Waals surface area (Å²) in [5.74, 6) is 0.260. The lowest BCUT2D eigenvalue weighted by Crippen LogP contribution is -2.51. The maximum atomic E-state index is 11.1. The largest absolute Gasteiger partial charge is 0.389 e. The molecule has 112 valence electrons. The van der Waals surface area contributed by atoms with Crippen molar-refractivity contribution < 1.29 is 9.59 Å². The highest BCUT2D eigenvalue weighted by Crippen LogP contribution is 2.42. The van der Waals surface area contributed by atoms with Gasteiger partial charge in [0.15, 0.2) is 0 Å². The zero-order chi connectivity index (χ0) is 14.6. The molecule has 2 nitrogen and oxygen atoms in total. The molecule has 1 aliphatic carbocycles. The lowest BCUT2D eigenvalue weighted by atomic mass is 9.80. The number of rotatable bonds is 6. The van der Waals surface area contributed by atoms with E-state index in [0.717, 1.165) is 37.0 Å². The second-order valence-electron chi connectivity index (χ2n) is 6.71. The highest BCUT2D eigenvalue weighted by atomic mass is 16.3. The van der Waals surface area contributed by atoms with Crippen LogP contribution in [0.3, 0.4) is 0 Å². The summed E-state index contributed by atoms with van der Waals surface area (Å²) in [5, 5.41) is 11.1. The summed E-state index contributed by atoms with van der Waals surface area (Å²) >= 11 is 0. The van der Waals surface area contributed by atoms with E-state index in [1.165, 1.54) is 18.4 Å². The second-order valence-corrected chi connectivity index (χ2v) is 6.71. The van der Waals surface area contributed by atoms with Crippen LogP contribution in [-0.4, -0.2) is 41.9 Å². The fourth-order valence-corrected chi connectivity index (χ4v) is 3.53. The van der Waals surface area contributed by atoms with Gasteiger partial charge in [-0.15, -0.1) is 0 Å². The van der Waals surface area contributed by atoms with Crippen molar-refractivity contribution in [1.29, 1.82) is 0 Å². The quantitative estimate of drug-likeness (QED) is 0.788. The molecule has 20 heavy (non-hydrogen) atoms. The summed E-state index contributed by atoms with van der Waals surface area (Å²) in [6.45, 7) is 7.79. The molecule has 0 amide bonds. The highest BCUT2D eigenvalue weighted by Gasteiger charge is 2.43. The van der Waals surface area contributed by atoms with E-state index in [4.69, 9.17) is 0 Å². The Hall–Kier alpha value is -0.860. The molecule has 0 bridgehead atoms. The molecule has 1 N–H and O–H groups in total. The zero-order valence-electron chi connectivity index (χ0n) is 13.3. The molecule has 1 saturated carbocycles. The number of benzene rings is 1. The summed E-state index contributed by atoms with van der Waals surface area (Å²) in [6, 6.07) is 10.6. The Morgan fingerprint density at radius 2 is 1.65 bits per heavy atom. The Kier molecular flexibility index (Phi) is 4.87. The summed E-state index contributed by atoms with van der Waals surface area (Å²) in [4.78, 5) is 0. The van der Waals surface area contributed by atoms with E-state index in [1.807, 2.05) is 0 Å². The SMILES string of the molecule is CC[N+](C)(CC)CC(c1ccccc1)C1(O)CCCC1. The molecule has 1 fully saturated rings. The van der Waals surface area contributed by atoms with Crippen LogP contribution in [0.4, 0.5) is 0 Å². The van der Waals surface area contributed by atoms with Gasteiger partial charge in [0.05, 0.1) is 38.2 Å². The Morgan fingerprint density at radius 1 is 1.10 bits per heavy atom. The van der Waals surface area contributed by atoms with Gasteiger partial charge in [0.1, 0.15) is 0 Å². The van der Waals surface area contributed by atoms with E-state index in [9.17, 15) is 5.11 Å². The van der Waals surface area contributed by atoms with Crippen LogP contribution in [-0.2, 0) is 0 Å². The average molecular weight is 276 g/mol. The van der Waals surface area contributed by atoms with Gasteiger partial charge >= 0.3 is 0 Å². The van der Waals surface area contributed by atoms with E-state index >= 15 is 0 Å². The maximum Gasteiger partial charge on any atom is 0.0882 e. The van der Waals surface area contributed by atoms with Gasteiger partial charge in [0, 0.05) is 0 Å². The fraction of sp³-hybridized carbons (Fsp3) is 0.667. The number of quaternary nitrogens is 1. The van der Waals surface area contributed by atoms with Gasteiger partial charge in [-0.2, -0.15) is 0 Å². The molecule has 0 heterocycles. The van der Waals surface area contributed by atoms with Gasteiger partial charge in [0.25, 0.3) is 0 Å². The number of hydrogen-bond donors (Lipinski definition) is 1. The third kappa shape index (κ3) is 3.24. The Labute approximate surface area is 124 Å². The van der Waals surface area contributed by atoms with E-state index in [2.05, 4.69) is 51.2 Å².